The highest BCUT2D eigenvalue weighted by Gasteiger charge is 2.25. The summed E-state index contributed by atoms with van der Waals surface area (Å²) >= 11 is 0. The minimum absolute atomic E-state index is 0.0779. The number of Topliss-reactive ketones (excluding diaryl/α,β-unsaturated/α-hetero) is 1. The van der Waals surface area contributed by atoms with Crippen molar-refractivity contribution in [3.05, 3.63) is 42.4 Å². The van der Waals surface area contributed by atoms with Crippen LogP contribution in [0.3, 0.4) is 0 Å². The van der Waals surface area contributed by atoms with Gasteiger partial charge in [-0.3, -0.25) is 9.48 Å². The van der Waals surface area contributed by atoms with Gasteiger partial charge in [-0.05, 0) is 49.7 Å². The zero-order chi connectivity index (χ0) is 19.5. The van der Waals surface area contributed by atoms with Gasteiger partial charge in [0.1, 0.15) is 5.78 Å². The van der Waals surface area contributed by atoms with Crippen molar-refractivity contribution >= 4 is 16.7 Å². The van der Waals surface area contributed by atoms with E-state index in [-0.39, 0.29) is 18.3 Å². The lowest BCUT2D eigenvalue weighted by atomic mass is 9.90. The number of aryl methyl sites for hydroxylation is 1. The Kier molecular flexibility index (Phi) is 5.45. The van der Waals surface area contributed by atoms with E-state index >= 15 is 0 Å². The Labute approximate surface area is 164 Å². The van der Waals surface area contributed by atoms with Crippen LogP contribution in [0.1, 0.15) is 18.5 Å². The minimum Gasteiger partial charge on any atom is -0.395 e. The summed E-state index contributed by atoms with van der Waals surface area (Å²) in [7, 11) is 1.90. The molecule has 0 bridgehead atoms. The van der Waals surface area contributed by atoms with E-state index in [0.29, 0.717) is 13.0 Å². The molecule has 3 heterocycles. The van der Waals surface area contributed by atoms with Gasteiger partial charge in [0, 0.05) is 36.7 Å². The summed E-state index contributed by atoms with van der Waals surface area (Å²) in [6, 6.07) is 8.01. The summed E-state index contributed by atoms with van der Waals surface area (Å²) in [5.74, 6) is 0.315. The van der Waals surface area contributed by atoms with Gasteiger partial charge in [0.25, 0.3) is 0 Å². The molecule has 0 radical (unpaired) electrons. The number of carbonyl (C=O) groups is 1. The molecule has 28 heavy (non-hydrogen) atoms. The van der Waals surface area contributed by atoms with E-state index in [0.717, 1.165) is 53.7 Å². The summed E-state index contributed by atoms with van der Waals surface area (Å²) in [4.78, 5) is 14.9. The van der Waals surface area contributed by atoms with Crippen LogP contribution in [-0.2, 0) is 18.3 Å². The summed E-state index contributed by atoms with van der Waals surface area (Å²) < 4.78 is 1.78. The van der Waals surface area contributed by atoms with E-state index in [1.54, 1.807) is 4.68 Å². The van der Waals surface area contributed by atoms with Crippen molar-refractivity contribution in [1.29, 1.82) is 0 Å². The number of aliphatic hydroxyl groups excluding tert-OH is 1. The molecule has 146 valence electrons. The van der Waals surface area contributed by atoms with Gasteiger partial charge in [-0.1, -0.05) is 6.07 Å². The molecule has 7 nitrogen and oxygen atoms in total. The predicted octanol–water partition coefficient (Wildman–Crippen LogP) is 1.85. The first-order chi connectivity index (χ1) is 13.6. The average Bonchev–Trinajstić information content (AvgIpc) is 3.14. The lowest BCUT2D eigenvalue weighted by molar-refractivity contribution is -0.123. The molecule has 0 unspecified atom stereocenters. The zero-order valence-electron chi connectivity index (χ0n) is 16.1. The Morgan fingerprint density at radius 3 is 2.71 bits per heavy atom. The highest BCUT2D eigenvalue weighted by atomic mass is 16.3. The molecule has 3 aromatic rings. The number of hydrogen-bond donors (Lipinski definition) is 1. The molecule has 1 N–H and O–H groups in total. The second kappa shape index (κ2) is 8.16. The second-order valence-corrected chi connectivity index (χ2v) is 7.49. The van der Waals surface area contributed by atoms with E-state index in [1.165, 1.54) is 0 Å². The van der Waals surface area contributed by atoms with Gasteiger partial charge in [-0.2, -0.15) is 15.3 Å². The number of carbonyl (C=O) groups excluding carboxylic acids is 1. The van der Waals surface area contributed by atoms with Crippen molar-refractivity contribution in [2.45, 2.75) is 19.3 Å². The standard InChI is InChI=1S/C21H25N5O2/c1-25-14-18(13-22-25)16-2-3-20-17(10-16)11-19(23-24-20)12-21(28)15-4-6-26(7-5-15)8-9-27/h2-3,10-11,13-15,27H,4-9,12H2,1H3. The number of benzene rings is 1. The normalized spacial score (nSPS) is 15.9. The number of aromatic nitrogens is 4. The molecule has 7 heteroatoms. The molecular formula is C21H25N5O2. The third-order valence-electron chi connectivity index (χ3n) is 5.49. The molecule has 1 aliphatic heterocycles. The summed E-state index contributed by atoms with van der Waals surface area (Å²) in [5.41, 5.74) is 3.66. The summed E-state index contributed by atoms with van der Waals surface area (Å²) in [6.45, 7) is 2.60. The van der Waals surface area contributed by atoms with Crippen molar-refractivity contribution in [1.82, 2.24) is 24.9 Å². The van der Waals surface area contributed by atoms with Crippen LogP contribution >= 0.6 is 0 Å². The SMILES string of the molecule is Cn1cc(-c2ccc3nnc(CC(=O)C4CCN(CCO)CC4)cc3c2)cn1. The van der Waals surface area contributed by atoms with Crippen molar-refractivity contribution in [3.63, 3.8) is 0 Å². The molecule has 1 fully saturated rings. The lowest BCUT2D eigenvalue weighted by Gasteiger charge is -2.30. The molecule has 0 spiro atoms. The van der Waals surface area contributed by atoms with Crippen LogP contribution in [0.5, 0.6) is 0 Å². The maximum atomic E-state index is 12.7. The monoisotopic (exact) mass is 379 g/mol. The first kappa shape index (κ1) is 18.7. The molecule has 2 aromatic heterocycles. The largest absolute Gasteiger partial charge is 0.395 e. The van der Waals surface area contributed by atoms with Gasteiger partial charge in [0.05, 0.1) is 30.4 Å². The number of ketones is 1. The number of aliphatic hydroxyl groups is 1. The molecule has 4 rings (SSSR count). The van der Waals surface area contributed by atoms with E-state index in [2.05, 4.69) is 26.3 Å². The van der Waals surface area contributed by atoms with Crippen LogP contribution in [0.2, 0.25) is 0 Å². The fourth-order valence-electron chi connectivity index (χ4n) is 3.87. The van der Waals surface area contributed by atoms with Crippen molar-refractivity contribution in [3.8, 4) is 11.1 Å². The Hall–Kier alpha value is -2.64. The highest BCUT2D eigenvalue weighted by Crippen LogP contribution is 2.24. The van der Waals surface area contributed by atoms with Crippen LogP contribution < -0.4 is 0 Å². The number of likely N-dealkylation sites (tertiary alicyclic amines) is 1. The molecule has 0 amide bonds. The molecule has 0 aliphatic carbocycles. The Morgan fingerprint density at radius 2 is 2.00 bits per heavy atom. The number of β-amino-alcohol motifs (C(OH)–C–C–N with tert-alkyl or cyclic N) is 1. The van der Waals surface area contributed by atoms with Crippen molar-refractivity contribution in [2.24, 2.45) is 13.0 Å². The molecule has 1 aromatic carbocycles. The quantitative estimate of drug-likeness (QED) is 0.704. The van der Waals surface area contributed by atoms with Gasteiger partial charge < -0.3 is 10.0 Å². The summed E-state index contributed by atoms with van der Waals surface area (Å²) in [5, 5.41) is 22.8. The van der Waals surface area contributed by atoms with E-state index in [1.807, 2.05) is 37.6 Å². The van der Waals surface area contributed by atoms with Gasteiger partial charge in [-0.25, -0.2) is 0 Å². The fraction of sp³-hybridized carbons (Fsp3) is 0.429. The van der Waals surface area contributed by atoms with Crippen LogP contribution in [0.4, 0.5) is 0 Å². The maximum Gasteiger partial charge on any atom is 0.142 e. The third kappa shape index (κ3) is 4.10. The number of piperidine rings is 1. The van der Waals surface area contributed by atoms with Crippen LogP contribution in [0.15, 0.2) is 36.7 Å². The number of fused-ring (bicyclic) bond motifs is 1. The van der Waals surface area contributed by atoms with Gasteiger partial charge in [-0.15, -0.1) is 0 Å². The maximum absolute atomic E-state index is 12.7. The van der Waals surface area contributed by atoms with Crippen LogP contribution in [0, 0.1) is 5.92 Å². The average molecular weight is 379 g/mol. The van der Waals surface area contributed by atoms with Crippen LogP contribution in [-0.4, -0.2) is 62.0 Å². The van der Waals surface area contributed by atoms with Gasteiger partial charge in [0.2, 0.25) is 0 Å². The van der Waals surface area contributed by atoms with Crippen LogP contribution in [0.25, 0.3) is 22.0 Å². The third-order valence-corrected chi connectivity index (χ3v) is 5.49. The second-order valence-electron chi connectivity index (χ2n) is 7.49. The van der Waals surface area contributed by atoms with E-state index in [4.69, 9.17) is 5.11 Å². The summed E-state index contributed by atoms with van der Waals surface area (Å²) in [6.07, 6.45) is 5.84. The Balaban J connectivity index is 1.47. The van der Waals surface area contributed by atoms with Gasteiger partial charge in [0.15, 0.2) is 0 Å². The fourth-order valence-corrected chi connectivity index (χ4v) is 3.87. The van der Waals surface area contributed by atoms with E-state index < -0.39 is 0 Å². The molecular weight excluding hydrogens is 354 g/mol. The first-order valence-corrected chi connectivity index (χ1v) is 9.73. The van der Waals surface area contributed by atoms with Crippen molar-refractivity contribution < 1.29 is 9.90 Å². The predicted molar refractivity (Wildman–Crippen MR) is 107 cm³/mol. The van der Waals surface area contributed by atoms with E-state index in [9.17, 15) is 4.79 Å². The lowest BCUT2D eigenvalue weighted by Crippen LogP contribution is -2.38. The molecule has 0 saturated carbocycles. The Morgan fingerprint density at radius 1 is 1.18 bits per heavy atom. The highest BCUT2D eigenvalue weighted by molar-refractivity contribution is 5.86. The number of rotatable bonds is 6. The molecule has 0 atom stereocenters. The van der Waals surface area contributed by atoms with Crippen molar-refractivity contribution in [2.75, 3.05) is 26.2 Å². The smallest absolute Gasteiger partial charge is 0.142 e. The molecule has 1 saturated heterocycles. The number of nitrogens with zero attached hydrogens (tertiary/aromatic N) is 5. The topological polar surface area (TPSA) is 84.1 Å². The van der Waals surface area contributed by atoms with Gasteiger partial charge >= 0.3 is 0 Å². The molecule has 1 aliphatic rings. The zero-order valence-corrected chi connectivity index (χ0v) is 16.1. The number of hydrogen-bond acceptors (Lipinski definition) is 6. The minimum atomic E-state index is 0.0779. The first-order valence-electron chi connectivity index (χ1n) is 9.73. The Bertz CT molecular complexity index is 976.